The molecule has 1 aromatic heterocycles. The third-order valence-electron chi connectivity index (χ3n) is 5.10. The molecule has 1 amide bonds. The number of hydrogen-bond acceptors (Lipinski definition) is 6. The van der Waals surface area contributed by atoms with Crippen molar-refractivity contribution in [2.75, 3.05) is 6.54 Å². The monoisotopic (exact) mass is 482 g/mol. The molecular weight excluding hydrogens is 464 g/mol. The first-order chi connectivity index (χ1) is 15.9. The van der Waals surface area contributed by atoms with Crippen LogP contribution in [0.2, 0.25) is 5.02 Å². The topological polar surface area (TPSA) is 112 Å². The molecule has 0 saturated carbocycles. The molecule has 168 valence electrons. The van der Waals surface area contributed by atoms with Gasteiger partial charge in [-0.3, -0.25) is 4.79 Å². The molecule has 0 aliphatic carbocycles. The van der Waals surface area contributed by atoms with Crippen molar-refractivity contribution in [1.29, 1.82) is 5.26 Å². The summed E-state index contributed by atoms with van der Waals surface area (Å²) in [5.74, 6) is 0.285. The van der Waals surface area contributed by atoms with Crippen molar-refractivity contribution < 1.29 is 17.9 Å². The van der Waals surface area contributed by atoms with Crippen LogP contribution in [-0.4, -0.2) is 36.8 Å². The first-order valence-electron chi connectivity index (χ1n) is 10.0. The minimum Gasteiger partial charge on any atom is -0.438 e. The van der Waals surface area contributed by atoms with E-state index in [1.54, 1.807) is 35.2 Å². The first kappa shape index (κ1) is 22.7. The van der Waals surface area contributed by atoms with E-state index in [4.69, 9.17) is 21.6 Å². The molecule has 3 aromatic rings. The number of sulfonamides is 1. The Morgan fingerprint density at radius 1 is 1.18 bits per heavy atom. The number of benzene rings is 2. The van der Waals surface area contributed by atoms with Crippen LogP contribution in [0.1, 0.15) is 17.5 Å². The van der Waals surface area contributed by atoms with Crippen molar-refractivity contribution in [3.05, 3.63) is 83.0 Å². The number of pyridine rings is 1. The summed E-state index contributed by atoms with van der Waals surface area (Å²) in [6, 6.07) is 17.3. The van der Waals surface area contributed by atoms with Gasteiger partial charge in [0.25, 0.3) is 0 Å². The average Bonchev–Trinajstić information content (AvgIpc) is 3.14. The van der Waals surface area contributed by atoms with Crippen LogP contribution in [0.25, 0.3) is 0 Å². The second kappa shape index (κ2) is 9.58. The normalized spacial score (nSPS) is 15.9. The van der Waals surface area contributed by atoms with Gasteiger partial charge >= 0.3 is 0 Å². The molecule has 2 aromatic carbocycles. The Hall–Kier alpha value is -3.45. The van der Waals surface area contributed by atoms with Gasteiger partial charge in [-0.05, 0) is 60.5 Å². The molecule has 1 aliphatic rings. The Morgan fingerprint density at radius 2 is 1.97 bits per heavy atom. The molecule has 0 spiro atoms. The summed E-state index contributed by atoms with van der Waals surface area (Å²) >= 11 is 6.02. The molecular formula is C23H19ClN4O4S. The number of nitrogens with zero attached hydrogens (tertiary/aromatic N) is 3. The van der Waals surface area contributed by atoms with Gasteiger partial charge in [-0.25, -0.2) is 13.4 Å². The lowest BCUT2D eigenvalue weighted by atomic mass is 10.1. The number of nitriles is 1. The van der Waals surface area contributed by atoms with Gasteiger partial charge in [-0.2, -0.15) is 9.98 Å². The fourth-order valence-electron chi connectivity index (χ4n) is 3.47. The number of aromatic nitrogens is 1. The van der Waals surface area contributed by atoms with Crippen LogP contribution in [0.3, 0.4) is 0 Å². The zero-order chi connectivity index (χ0) is 23.4. The van der Waals surface area contributed by atoms with Crippen LogP contribution in [0, 0.1) is 11.3 Å². The van der Waals surface area contributed by atoms with E-state index in [0.29, 0.717) is 35.8 Å². The summed E-state index contributed by atoms with van der Waals surface area (Å²) in [7, 11) is -3.92. The Labute approximate surface area is 196 Å². The van der Waals surface area contributed by atoms with Crippen molar-refractivity contribution in [2.24, 2.45) is 0 Å². The zero-order valence-electron chi connectivity index (χ0n) is 17.3. The lowest BCUT2D eigenvalue weighted by Crippen LogP contribution is -2.41. The van der Waals surface area contributed by atoms with E-state index in [1.807, 2.05) is 6.07 Å². The Kier molecular flexibility index (Phi) is 6.60. The van der Waals surface area contributed by atoms with Gasteiger partial charge in [0, 0.05) is 19.3 Å². The molecule has 8 nitrogen and oxygen atoms in total. The summed E-state index contributed by atoms with van der Waals surface area (Å²) in [5, 5.41) is 9.36. The first-order valence-corrected chi connectivity index (χ1v) is 11.9. The molecule has 2 heterocycles. The molecule has 1 saturated heterocycles. The molecule has 1 atom stereocenters. The molecule has 33 heavy (non-hydrogen) atoms. The summed E-state index contributed by atoms with van der Waals surface area (Å²) in [6.07, 6.45) is 1.89. The van der Waals surface area contributed by atoms with E-state index in [2.05, 4.69) is 15.8 Å². The average molecular weight is 483 g/mol. The predicted octanol–water partition coefficient (Wildman–Crippen LogP) is 3.48. The molecule has 0 unspecified atom stereocenters. The van der Waals surface area contributed by atoms with Crippen LogP contribution >= 0.6 is 11.6 Å². The van der Waals surface area contributed by atoms with Crippen molar-refractivity contribution in [1.82, 2.24) is 14.6 Å². The van der Waals surface area contributed by atoms with Crippen molar-refractivity contribution in [3.8, 4) is 17.7 Å². The SMILES string of the molecule is N#Cc1cccc(CN2CC[C@H](NS(=O)(=O)c3ccc(Oc4ncccc4Cl)cc3)C2=O)c1. The number of likely N-dealkylation sites (tertiary alicyclic amines) is 1. The summed E-state index contributed by atoms with van der Waals surface area (Å²) < 4.78 is 33.7. The fourth-order valence-corrected chi connectivity index (χ4v) is 4.85. The number of rotatable bonds is 7. The number of amides is 1. The second-order valence-electron chi connectivity index (χ2n) is 7.40. The Balaban J connectivity index is 1.40. The Bertz CT molecular complexity index is 1320. The highest BCUT2D eigenvalue weighted by Crippen LogP contribution is 2.27. The quantitative estimate of drug-likeness (QED) is 0.551. The van der Waals surface area contributed by atoms with E-state index in [0.717, 1.165) is 5.56 Å². The van der Waals surface area contributed by atoms with Gasteiger partial charge in [0.15, 0.2) is 0 Å². The molecule has 1 aliphatic heterocycles. The zero-order valence-corrected chi connectivity index (χ0v) is 18.9. The van der Waals surface area contributed by atoms with Crippen LogP contribution in [-0.2, 0) is 21.4 Å². The smallest absolute Gasteiger partial charge is 0.241 e. The molecule has 0 bridgehead atoms. The minimum atomic E-state index is -3.92. The summed E-state index contributed by atoms with van der Waals surface area (Å²) in [6.45, 7) is 0.731. The highest BCUT2D eigenvalue weighted by molar-refractivity contribution is 7.89. The number of halogens is 1. The van der Waals surface area contributed by atoms with Gasteiger partial charge in [0.2, 0.25) is 21.8 Å². The van der Waals surface area contributed by atoms with E-state index in [9.17, 15) is 13.2 Å². The second-order valence-corrected chi connectivity index (χ2v) is 9.52. The van der Waals surface area contributed by atoms with E-state index >= 15 is 0 Å². The number of carbonyl (C=O) groups excluding carboxylic acids is 1. The van der Waals surface area contributed by atoms with E-state index in [1.165, 1.54) is 30.5 Å². The fraction of sp³-hybridized carbons (Fsp3) is 0.174. The lowest BCUT2D eigenvalue weighted by Gasteiger charge is -2.17. The van der Waals surface area contributed by atoms with Crippen LogP contribution in [0.4, 0.5) is 0 Å². The highest BCUT2D eigenvalue weighted by atomic mass is 35.5. The van der Waals surface area contributed by atoms with Crippen LogP contribution < -0.4 is 9.46 Å². The third-order valence-corrected chi connectivity index (χ3v) is 6.87. The van der Waals surface area contributed by atoms with Gasteiger partial charge in [0.1, 0.15) is 16.8 Å². The predicted molar refractivity (Wildman–Crippen MR) is 121 cm³/mol. The number of hydrogen-bond donors (Lipinski definition) is 1. The maximum atomic E-state index is 12.8. The van der Waals surface area contributed by atoms with Crippen molar-refractivity contribution in [3.63, 3.8) is 0 Å². The maximum Gasteiger partial charge on any atom is 0.241 e. The van der Waals surface area contributed by atoms with Crippen molar-refractivity contribution in [2.45, 2.75) is 23.9 Å². The van der Waals surface area contributed by atoms with Gasteiger partial charge < -0.3 is 9.64 Å². The molecule has 0 radical (unpaired) electrons. The Morgan fingerprint density at radius 3 is 2.70 bits per heavy atom. The maximum absolute atomic E-state index is 12.8. The minimum absolute atomic E-state index is 0.00920. The van der Waals surface area contributed by atoms with Gasteiger partial charge in [-0.15, -0.1) is 0 Å². The highest BCUT2D eigenvalue weighted by Gasteiger charge is 2.34. The molecule has 1 N–H and O–H groups in total. The van der Waals surface area contributed by atoms with Crippen LogP contribution in [0.15, 0.2) is 71.8 Å². The number of ether oxygens (including phenoxy) is 1. The largest absolute Gasteiger partial charge is 0.438 e. The van der Waals surface area contributed by atoms with Crippen molar-refractivity contribution >= 4 is 27.5 Å². The standard InChI is InChI=1S/C23H19ClN4O4S/c24-20-5-2-11-26-22(20)32-18-6-8-19(9-7-18)33(30,31)27-21-10-12-28(23(21)29)15-17-4-1-3-16(13-17)14-25/h1-9,11,13,21,27H,10,12,15H2/t21-/m0/s1. The third kappa shape index (κ3) is 5.31. The number of carbonyl (C=O) groups is 1. The summed E-state index contributed by atoms with van der Waals surface area (Å²) in [4.78, 5) is 18.4. The molecule has 1 fully saturated rings. The lowest BCUT2D eigenvalue weighted by molar-refractivity contribution is -0.129. The molecule has 10 heteroatoms. The molecule has 4 rings (SSSR count). The summed E-state index contributed by atoms with van der Waals surface area (Å²) in [5.41, 5.74) is 1.32. The van der Waals surface area contributed by atoms with Crippen LogP contribution in [0.5, 0.6) is 11.6 Å². The van der Waals surface area contributed by atoms with Gasteiger partial charge in [0.05, 0.1) is 16.5 Å². The van der Waals surface area contributed by atoms with Gasteiger partial charge in [-0.1, -0.05) is 23.7 Å². The van der Waals surface area contributed by atoms with E-state index < -0.39 is 16.1 Å². The van der Waals surface area contributed by atoms with E-state index in [-0.39, 0.29) is 16.7 Å². The number of nitrogens with one attached hydrogen (secondary N) is 1.